The molecular formula is C21H24ClN3O4S2. The van der Waals surface area contributed by atoms with Crippen LogP contribution in [-0.2, 0) is 26.0 Å². The summed E-state index contributed by atoms with van der Waals surface area (Å²) in [5.41, 5.74) is 1.59. The number of benzene rings is 2. The molecule has 1 atom stereocenters. The SMILES string of the molecule is CN1C(=O)[C@@H](CC(=O)NCCc2ccc(Cl)cc2)Sc2ccc(S(=O)(=O)N(C)C)cc21. The number of carbonyl (C=O) groups excluding carboxylic acids is 2. The summed E-state index contributed by atoms with van der Waals surface area (Å²) in [4.78, 5) is 27.5. The molecule has 166 valence electrons. The molecule has 0 bridgehead atoms. The average molecular weight is 482 g/mol. The fourth-order valence-corrected chi connectivity index (χ4v) is 5.45. The van der Waals surface area contributed by atoms with Gasteiger partial charge >= 0.3 is 0 Å². The molecule has 0 radical (unpaired) electrons. The first-order chi connectivity index (χ1) is 14.6. The van der Waals surface area contributed by atoms with Gasteiger partial charge in [0.15, 0.2) is 0 Å². The van der Waals surface area contributed by atoms with Crippen molar-refractivity contribution >= 4 is 50.9 Å². The van der Waals surface area contributed by atoms with E-state index in [0.29, 0.717) is 23.7 Å². The predicted molar refractivity (Wildman–Crippen MR) is 123 cm³/mol. The van der Waals surface area contributed by atoms with Gasteiger partial charge in [-0.25, -0.2) is 12.7 Å². The first-order valence-corrected chi connectivity index (χ1v) is 12.3. The van der Waals surface area contributed by atoms with Crippen molar-refractivity contribution in [1.29, 1.82) is 0 Å². The van der Waals surface area contributed by atoms with Crippen molar-refractivity contribution in [2.75, 3.05) is 32.6 Å². The Morgan fingerprint density at radius 1 is 1.19 bits per heavy atom. The first kappa shape index (κ1) is 23.6. The van der Waals surface area contributed by atoms with Crippen molar-refractivity contribution < 1.29 is 18.0 Å². The van der Waals surface area contributed by atoms with Gasteiger partial charge in [0.05, 0.1) is 15.8 Å². The summed E-state index contributed by atoms with van der Waals surface area (Å²) in [6.07, 6.45) is 0.714. The van der Waals surface area contributed by atoms with Crippen LogP contribution in [-0.4, -0.2) is 57.5 Å². The van der Waals surface area contributed by atoms with E-state index in [1.807, 2.05) is 12.1 Å². The van der Waals surface area contributed by atoms with Crippen molar-refractivity contribution in [2.45, 2.75) is 27.9 Å². The molecule has 0 fully saturated rings. The van der Waals surface area contributed by atoms with Gasteiger partial charge in [-0.05, 0) is 42.3 Å². The summed E-state index contributed by atoms with van der Waals surface area (Å²) in [5, 5.41) is 2.95. The summed E-state index contributed by atoms with van der Waals surface area (Å²) in [6, 6.07) is 12.1. The van der Waals surface area contributed by atoms with Crippen LogP contribution < -0.4 is 10.2 Å². The van der Waals surface area contributed by atoms with Crippen LogP contribution in [0.4, 0.5) is 5.69 Å². The Labute approximate surface area is 191 Å². The molecule has 2 aromatic carbocycles. The second kappa shape index (κ2) is 9.60. The molecular weight excluding hydrogens is 458 g/mol. The van der Waals surface area contributed by atoms with Gasteiger partial charge in [-0.15, -0.1) is 11.8 Å². The largest absolute Gasteiger partial charge is 0.356 e. The molecule has 0 spiro atoms. The molecule has 0 aromatic heterocycles. The quantitative estimate of drug-likeness (QED) is 0.657. The van der Waals surface area contributed by atoms with Crippen molar-refractivity contribution in [3.8, 4) is 0 Å². The second-order valence-electron chi connectivity index (χ2n) is 7.35. The van der Waals surface area contributed by atoms with E-state index in [1.165, 1.54) is 42.9 Å². The Morgan fingerprint density at radius 3 is 2.52 bits per heavy atom. The number of halogens is 1. The zero-order chi connectivity index (χ0) is 22.8. The van der Waals surface area contributed by atoms with Crippen molar-refractivity contribution in [3.05, 3.63) is 53.1 Å². The lowest BCUT2D eigenvalue weighted by molar-refractivity contribution is -0.124. The molecule has 1 aliphatic rings. The number of hydrogen-bond acceptors (Lipinski definition) is 5. The highest BCUT2D eigenvalue weighted by Gasteiger charge is 2.34. The van der Waals surface area contributed by atoms with E-state index in [-0.39, 0.29) is 23.1 Å². The maximum atomic E-state index is 12.8. The Balaban J connectivity index is 1.63. The molecule has 2 amide bonds. The molecule has 2 aromatic rings. The van der Waals surface area contributed by atoms with E-state index in [0.717, 1.165) is 14.8 Å². The molecule has 0 unspecified atom stereocenters. The number of nitrogens with one attached hydrogen (secondary N) is 1. The minimum Gasteiger partial charge on any atom is -0.356 e. The lowest BCUT2D eigenvalue weighted by atomic mass is 10.1. The van der Waals surface area contributed by atoms with Gasteiger partial charge in [-0.1, -0.05) is 23.7 Å². The van der Waals surface area contributed by atoms with Crippen LogP contribution in [0, 0.1) is 0 Å². The second-order valence-corrected chi connectivity index (χ2v) is 11.2. The zero-order valence-electron chi connectivity index (χ0n) is 17.5. The van der Waals surface area contributed by atoms with Gasteiger partial charge < -0.3 is 10.2 Å². The first-order valence-electron chi connectivity index (χ1n) is 9.61. The predicted octanol–water partition coefficient (Wildman–Crippen LogP) is 2.78. The third kappa shape index (κ3) is 5.41. The molecule has 7 nitrogen and oxygen atoms in total. The molecule has 0 saturated carbocycles. The van der Waals surface area contributed by atoms with Crippen molar-refractivity contribution in [3.63, 3.8) is 0 Å². The van der Waals surface area contributed by atoms with E-state index >= 15 is 0 Å². The Kier molecular flexibility index (Phi) is 7.31. The number of hydrogen-bond donors (Lipinski definition) is 1. The Bertz CT molecular complexity index is 1090. The molecule has 1 aliphatic heterocycles. The minimum atomic E-state index is -3.60. The summed E-state index contributed by atoms with van der Waals surface area (Å²) >= 11 is 7.15. The third-order valence-corrected chi connectivity index (χ3v) is 8.28. The van der Waals surface area contributed by atoms with Crippen LogP contribution >= 0.6 is 23.4 Å². The summed E-state index contributed by atoms with van der Waals surface area (Å²) in [7, 11) is 0.907. The highest BCUT2D eigenvalue weighted by molar-refractivity contribution is 8.01. The monoisotopic (exact) mass is 481 g/mol. The standard InChI is InChI=1S/C21H24ClN3O4S2/c1-24(2)31(28,29)16-8-9-18-17(12-16)25(3)21(27)19(30-18)13-20(26)23-11-10-14-4-6-15(22)7-5-14/h4-9,12,19H,10-11,13H2,1-3H3,(H,23,26)/t19-/m1/s1. The smallest absolute Gasteiger partial charge is 0.242 e. The summed E-state index contributed by atoms with van der Waals surface area (Å²) in [6.45, 7) is 0.463. The maximum absolute atomic E-state index is 12.8. The average Bonchev–Trinajstić information content (AvgIpc) is 2.73. The molecule has 1 N–H and O–H groups in total. The van der Waals surface area contributed by atoms with Crippen molar-refractivity contribution in [1.82, 2.24) is 9.62 Å². The number of fused-ring (bicyclic) bond motifs is 1. The fraction of sp³-hybridized carbons (Fsp3) is 0.333. The fourth-order valence-electron chi connectivity index (χ4n) is 3.14. The minimum absolute atomic E-state index is 0.0473. The van der Waals surface area contributed by atoms with Gasteiger partial charge in [0.2, 0.25) is 21.8 Å². The van der Waals surface area contributed by atoms with Crippen LogP contribution in [0.2, 0.25) is 5.02 Å². The zero-order valence-corrected chi connectivity index (χ0v) is 19.9. The number of rotatable bonds is 7. The van der Waals surface area contributed by atoms with Crippen LogP contribution in [0.3, 0.4) is 0 Å². The number of anilines is 1. The van der Waals surface area contributed by atoms with Crippen LogP contribution in [0.5, 0.6) is 0 Å². The third-order valence-electron chi connectivity index (χ3n) is 4.97. The Hall–Kier alpha value is -2.07. The highest BCUT2D eigenvalue weighted by atomic mass is 35.5. The topological polar surface area (TPSA) is 86.8 Å². The van der Waals surface area contributed by atoms with Crippen LogP contribution in [0.1, 0.15) is 12.0 Å². The summed E-state index contributed by atoms with van der Waals surface area (Å²) < 4.78 is 25.9. The normalized spacial score (nSPS) is 16.4. The van der Waals surface area contributed by atoms with E-state index in [1.54, 1.807) is 25.2 Å². The highest BCUT2D eigenvalue weighted by Crippen LogP contribution is 2.41. The van der Waals surface area contributed by atoms with E-state index in [2.05, 4.69) is 5.32 Å². The molecule has 0 saturated heterocycles. The molecule has 10 heteroatoms. The van der Waals surface area contributed by atoms with Crippen LogP contribution in [0.25, 0.3) is 0 Å². The molecule has 3 rings (SSSR count). The van der Waals surface area contributed by atoms with E-state index < -0.39 is 15.3 Å². The summed E-state index contributed by atoms with van der Waals surface area (Å²) in [5.74, 6) is -0.437. The number of carbonyl (C=O) groups is 2. The lowest BCUT2D eigenvalue weighted by Crippen LogP contribution is -2.41. The van der Waals surface area contributed by atoms with Gasteiger partial charge in [0.25, 0.3) is 0 Å². The molecule has 0 aliphatic carbocycles. The lowest BCUT2D eigenvalue weighted by Gasteiger charge is -2.31. The number of thioether (sulfide) groups is 1. The van der Waals surface area contributed by atoms with Gasteiger partial charge in [-0.3, -0.25) is 9.59 Å². The van der Waals surface area contributed by atoms with E-state index in [9.17, 15) is 18.0 Å². The maximum Gasteiger partial charge on any atom is 0.242 e. The van der Waals surface area contributed by atoms with Gasteiger partial charge in [0, 0.05) is 44.0 Å². The number of nitrogens with zero attached hydrogens (tertiary/aromatic N) is 2. The van der Waals surface area contributed by atoms with Gasteiger partial charge in [0.1, 0.15) is 0 Å². The number of sulfonamides is 1. The molecule has 31 heavy (non-hydrogen) atoms. The molecule has 1 heterocycles. The van der Waals surface area contributed by atoms with Gasteiger partial charge in [-0.2, -0.15) is 0 Å². The number of amides is 2. The Morgan fingerprint density at radius 2 is 1.87 bits per heavy atom. The van der Waals surface area contributed by atoms with E-state index in [4.69, 9.17) is 11.6 Å². The van der Waals surface area contributed by atoms with Crippen LogP contribution in [0.15, 0.2) is 52.3 Å². The van der Waals surface area contributed by atoms with Crippen molar-refractivity contribution in [2.24, 2.45) is 0 Å².